The van der Waals surface area contributed by atoms with Crippen LogP contribution in [-0.2, 0) is 77.5 Å². The second-order valence-electron chi connectivity index (χ2n) is 28.7. The minimum atomic E-state index is -1.63. The number of amides is 10. The number of carbonyl (C=O) groups is 10. The Bertz CT molecular complexity index is 4790. The van der Waals surface area contributed by atoms with Crippen molar-refractivity contribution in [1.29, 1.82) is 0 Å². The van der Waals surface area contributed by atoms with E-state index in [4.69, 9.17) is 24.4 Å². The van der Waals surface area contributed by atoms with Gasteiger partial charge in [-0.25, -0.2) is 58.7 Å². The van der Waals surface area contributed by atoms with Crippen LogP contribution in [0.25, 0.3) is 0 Å². The number of rotatable bonds is 14. The minimum absolute atomic E-state index is 0.00272. The van der Waals surface area contributed by atoms with Crippen molar-refractivity contribution >= 4 is 93.9 Å². The predicted octanol–water partition coefficient (Wildman–Crippen LogP) is 8.18. The molecule has 6 aliphatic rings. The Labute approximate surface area is 662 Å². The molecule has 0 bridgehead atoms. The summed E-state index contributed by atoms with van der Waals surface area (Å²) in [6, 6.07) is 10.0. The van der Waals surface area contributed by atoms with Crippen molar-refractivity contribution < 1.29 is 117 Å². The lowest BCUT2D eigenvalue weighted by Gasteiger charge is -2.36. The molecule has 7 aromatic rings. The van der Waals surface area contributed by atoms with Gasteiger partial charge >= 0.3 is 36.2 Å². The molecular formula is C75H86F9N17O16. The topological polar surface area (TPSA) is 383 Å². The molecule has 6 atom stereocenters. The number of anilines is 6. The number of hydrogen-bond donors (Lipinski definition) is 7. The van der Waals surface area contributed by atoms with E-state index in [0.717, 1.165) is 5.69 Å². The summed E-state index contributed by atoms with van der Waals surface area (Å²) in [7, 11) is 4.68. The molecule has 117 heavy (non-hydrogen) atoms. The molecular weight excluding hydrogens is 1570 g/mol. The van der Waals surface area contributed by atoms with Crippen LogP contribution in [0.15, 0.2) is 85.3 Å². The molecule has 0 spiro atoms. The molecule has 630 valence electrons. The number of carbonyl (C=O) groups excluding carboxylic acids is 9. The number of ether oxygens (including phenoxy) is 3. The van der Waals surface area contributed by atoms with E-state index < -0.39 is 112 Å². The quantitative estimate of drug-likeness (QED) is 0.0306. The van der Waals surface area contributed by atoms with E-state index in [9.17, 15) is 92.6 Å². The summed E-state index contributed by atoms with van der Waals surface area (Å²) in [5, 5.41) is 48.8. The van der Waals surface area contributed by atoms with Gasteiger partial charge in [0.05, 0.1) is 154 Å². The molecule has 3 fully saturated rings. The first-order chi connectivity index (χ1) is 55.3. The maximum Gasteiger partial charge on any atom is 0.417 e. The second kappa shape index (κ2) is 38.4. The van der Waals surface area contributed by atoms with Crippen LogP contribution in [0.1, 0.15) is 77.9 Å². The Morgan fingerprint density at radius 2 is 0.897 bits per heavy atom. The average Bonchev–Trinajstić information content (AvgIpc) is 1.63. The third kappa shape index (κ3) is 21.6. The summed E-state index contributed by atoms with van der Waals surface area (Å²) in [6.07, 6.45) is 3.27. The molecule has 10 amide bonds. The number of halogens is 9. The molecule has 13 rings (SSSR count). The van der Waals surface area contributed by atoms with Gasteiger partial charge in [0, 0.05) is 107 Å². The molecule has 33 nitrogen and oxygen atoms in total. The molecule has 0 saturated carbocycles. The van der Waals surface area contributed by atoms with Gasteiger partial charge in [-0.3, -0.25) is 53.0 Å². The minimum Gasteiger partial charge on any atom is -0.481 e. The van der Waals surface area contributed by atoms with E-state index in [1.807, 2.05) is 27.7 Å². The fourth-order valence-electron chi connectivity index (χ4n) is 13.1. The Morgan fingerprint density at radius 3 is 1.26 bits per heavy atom. The van der Waals surface area contributed by atoms with Crippen molar-refractivity contribution in [3.05, 3.63) is 155 Å². The van der Waals surface area contributed by atoms with Crippen molar-refractivity contribution in [2.24, 2.45) is 17.8 Å². The first-order valence-electron chi connectivity index (χ1n) is 36.4. The van der Waals surface area contributed by atoms with Crippen LogP contribution in [0, 0.1) is 70.1 Å². The fraction of sp³-hybridized carbons (Fsp3) is 0.427. The smallest absolute Gasteiger partial charge is 0.417 e. The van der Waals surface area contributed by atoms with Gasteiger partial charge in [0.2, 0.25) is 23.6 Å². The summed E-state index contributed by atoms with van der Waals surface area (Å²) in [5.74, 6) is -17.4. The zero-order chi connectivity index (χ0) is 85.8. The summed E-state index contributed by atoms with van der Waals surface area (Å²) in [4.78, 5) is 133. The Balaban J connectivity index is 0.000000178. The highest BCUT2D eigenvalue weighted by atomic mass is 19.2. The number of carboxylic acid groups (broad SMARTS) is 1. The highest BCUT2D eigenvalue weighted by Gasteiger charge is 2.44. The zero-order valence-corrected chi connectivity index (χ0v) is 64.7. The van der Waals surface area contributed by atoms with Gasteiger partial charge in [0.1, 0.15) is 11.4 Å². The standard InChI is InChI=1S/C22H25F3N6O4.C19H18F3N5O4.C18H26N4O5.C13H8F3NO2.C3H9NO/c1-12-9-31-18(11-29(12)22(35)27-14-6-15(23)20(25)16(24)7-14)17(8-26-31)30-10-13(5-19(30)33)21(34)28(2)3-4-32;1-9-6-27-15(14(5-23-27)26-7-10(18(29)30)2-16(26)28)8-25(9)19(31)24-11-3-12(20)17(22)13(21)4-11;1-11-8-22-14(10-20(11)17(25)27-18(2,3)4)13(7-19-22)21-9-12(6-15(21)23)16(24)26-5;14-10-6-8(7-11(15)12(10)16)17-13(18)19-9-4-2-1-3-5-9;1-4-2-3-5/h6-8,12-13,32H,3-5,9-11H2,1-2H3,(H,27,35);3-5,9-10H,2,6-8H2,1H3,(H,24,31)(H,29,30);7,11-12H,6,8-10H2,1-5H3;1-7H,(H,17,18);4-5H,2-3H2,1H3/t12-,13?;9-,10?;11-,12?;;/m000../s1. The van der Waals surface area contributed by atoms with Gasteiger partial charge in [0.25, 0.3) is 0 Å². The monoisotopic (exact) mass is 1650 g/mol. The fourth-order valence-corrected chi connectivity index (χ4v) is 13.1. The van der Waals surface area contributed by atoms with E-state index in [1.165, 1.54) is 56.1 Å². The van der Waals surface area contributed by atoms with Crippen LogP contribution in [0.2, 0.25) is 0 Å². The number of nitrogens with zero attached hydrogens (tertiary/aromatic N) is 13. The Hall–Kier alpha value is -12.3. The van der Waals surface area contributed by atoms with E-state index in [0.29, 0.717) is 91.0 Å². The first-order valence-corrected chi connectivity index (χ1v) is 36.4. The van der Waals surface area contributed by atoms with Crippen molar-refractivity contribution in [3.8, 4) is 5.75 Å². The van der Waals surface area contributed by atoms with Crippen LogP contribution in [-0.4, -0.2) is 215 Å². The number of para-hydroxylation sites is 1. The van der Waals surface area contributed by atoms with Gasteiger partial charge < -0.3 is 74.9 Å². The number of nitrogens with one attached hydrogen (secondary N) is 4. The lowest BCUT2D eigenvalue weighted by atomic mass is 10.1. The summed E-state index contributed by atoms with van der Waals surface area (Å²) in [5.41, 5.74) is 2.07. The number of esters is 1. The lowest BCUT2D eigenvalue weighted by molar-refractivity contribution is -0.145. The highest BCUT2D eigenvalue weighted by Crippen LogP contribution is 2.37. The number of urea groups is 2. The molecule has 7 N–H and O–H groups in total. The molecule has 9 heterocycles. The number of aliphatic hydroxyl groups is 2. The lowest BCUT2D eigenvalue weighted by Crippen LogP contribution is -2.47. The van der Waals surface area contributed by atoms with Gasteiger partial charge in [-0.15, -0.1) is 0 Å². The van der Waals surface area contributed by atoms with Crippen molar-refractivity contribution in [2.45, 2.75) is 124 Å². The van der Waals surface area contributed by atoms with Gasteiger partial charge in [-0.2, -0.15) is 15.3 Å². The number of aromatic nitrogens is 6. The third-order valence-electron chi connectivity index (χ3n) is 19.1. The normalized spacial score (nSPS) is 18.6. The maximum atomic E-state index is 13.5. The molecule has 4 aromatic carbocycles. The maximum absolute atomic E-state index is 13.5. The number of hydrogen-bond acceptors (Lipinski definition) is 19. The SMILES string of the molecule is CNCCO.COC(=O)C1CC(=O)N(c2cnn3c2CN(C(=O)OC(C)(C)C)[C@@H](C)C3)C1.C[C@H]1Cn2ncc(N3CC(C(=O)N(C)CCO)CC3=O)c2CN1C(=O)Nc1cc(F)c(F)c(F)c1.C[C@H]1Cn2ncc(N3CC(C(=O)O)CC3=O)c2CN1C(=O)Nc1cc(F)c(F)c(F)c1.O=C(Nc1cc(F)c(F)c(F)c1)Oc1ccccc1. The van der Waals surface area contributed by atoms with Crippen LogP contribution in [0.5, 0.6) is 5.75 Å². The van der Waals surface area contributed by atoms with Gasteiger partial charge in [-0.05, 0) is 60.7 Å². The van der Waals surface area contributed by atoms with Crippen LogP contribution < -0.4 is 40.7 Å². The van der Waals surface area contributed by atoms with E-state index in [-0.39, 0.29) is 143 Å². The number of likely N-dealkylation sites (N-methyl/N-ethyl adjacent to an activating group) is 2. The Kier molecular flexibility index (Phi) is 29.1. The van der Waals surface area contributed by atoms with Gasteiger partial charge in [0.15, 0.2) is 52.4 Å². The second-order valence-corrected chi connectivity index (χ2v) is 28.7. The molecule has 0 aliphatic carbocycles. The molecule has 6 aliphatic heterocycles. The van der Waals surface area contributed by atoms with Crippen molar-refractivity contribution in [3.63, 3.8) is 0 Å². The molecule has 3 unspecified atom stereocenters. The van der Waals surface area contributed by atoms with Crippen LogP contribution in [0.3, 0.4) is 0 Å². The molecule has 3 aromatic heterocycles. The number of benzene rings is 4. The van der Waals surface area contributed by atoms with Crippen LogP contribution >= 0.6 is 0 Å². The summed E-state index contributed by atoms with van der Waals surface area (Å²) >= 11 is 0. The number of aliphatic hydroxyl groups excluding tert-OH is 2. The number of methoxy groups -OCH3 is 1. The van der Waals surface area contributed by atoms with E-state index >= 15 is 0 Å². The number of aliphatic carboxylic acids is 1. The first kappa shape index (κ1) is 88.6. The predicted molar refractivity (Wildman–Crippen MR) is 398 cm³/mol. The third-order valence-corrected chi connectivity index (χ3v) is 19.1. The Morgan fingerprint density at radius 1 is 0.530 bits per heavy atom. The molecule has 0 radical (unpaired) electrons. The number of carboxylic acids is 1. The average molecular weight is 1650 g/mol. The number of fused-ring (bicyclic) bond motifs is 3. The molecule has 42 heteroatoms. The van der Waals surface area contributed by atoms with Crippen LogP contribution in [0.4, 0.5) is 92.8 Å². The van der Waals surface area contributed by atoms with Crippen molar-refractivity contribution in [2.75, 3.05) is 97.8 Å². The van der Waals surface area contributed by atoms with Gasteiger partial charge in [-0.1, -0.05) is 18.2 Å². The highest BCUT2D eigenvalue weighted by molar-refractivity contribution is 6.02. The largest absolute Gasteiger partial charge is 0.481 e. The molecule has 3 saturated heterocycles. The van der Waals surface area contributed by atoms with E-state index in [2.05, 4.69) is 36.6 Å². The summed E-state index contributed by atoms with van der Waals surface area (Å²) < 4.78 is 139. The summed E-state index contributed by atoms with van der Waals surface area (Å²) in [6.45, 7) is 13.7. The van der Waals surface area contributed by atoms with E-state index in [1.54, 1.807) is 76.2 Å². The van der Waals surface area contributed by atoms with Crippen molar-refractivity contribution in [1.82, 2.24) is 54.3 Å². The zero-order valence-electron chi connectivity index (χ0n) is 64.7.